The van der Waals surface area contributed by atoms with Gasteiger partial charge >= 0.3 is 0 Å². The van der Waals surface area contributed by atoms with Crippen molar-refractivity contribution in [1.82, 2.24) is 10.3 Å². The highest BCUT2D eigenvalue weighted by molar-refractivity contribution is 7.80. The number of rotatable bonds is 5. The minimum Gasteiger partial charge on any atom is -0.494 e. The molecule has 0 atom stereocenters. The fraction of sp³-hybridized carbons (Fsp3) is 0.190. The number of carbonyl (C=O) groups excluding carboxylic acids is 1. The van der Waals surface area contributed by atoms with Crippen molar-refractivity contribution < 1.29 is 9.53 Å². The Hall–Kier alpha value is -2.99. The molecule has 27 heavy (non-hydrogen) atoms. The van der Waals surface area contributed by atoms with Crippen molar-refractivity contribution in [2.24, 2.45) is 0 Å². The van der Waals surface area contributed by atoms with Gasteiger partial charge in [-0.3, -0.25) is 15.1 Å². The number of pyridine rings is 1. The average molecular weight is 379 g/mol. The largest absolute Gasteiger partial charge is 0.494 e. The Balaban J connectivity index is 1.71. The number of hydrogen-bond donors (Lipinski definition) is 2. The summed E-state index contributed by atoms with van der Waals surface area (Å²) in [7, 11) is 0. The highest BCUT2D eigenvalue weighted by Crippen LogP contribution is 2.21. The third-order valence-electron chi connectivity index (χ3n) is 3.90. The Morgan fingerprint density at radius 2 is 1.96 bits per heavy atom. The molecule has 0 aliphatic rings. The van der Waals surface area contributed by atoms with Crippen molar-refractivity contribution in [2.75, 3.05) is 11.9 Å². The zero-order valence-corrected chi connectivity index (χ0v) is 16.1. The molecule has 1 amide bonds. The molecule has 0 radical (unpaired) electrons. The summed E-state index contributed by atoms with van der Waals surface area (Å²) >= 11 is 5.31. The van der Waals surface area contributed by atoms with Gasteiger partial charge in [0.1, 0.15) is 5.75 Å². The van der Waals surface area contributed by atoms with Crippen molar-refractivity contribution in [2.45, 2.75) is 20.3 Å². The second-order valence-corrected chi connectivity index (χ2v) is 6.52. The van der Waals surface area contributed by atoms with E-state index in [1.54, 1.807) is 18.2 Å². The molecule has 1 aromatic heterocycles. The quantitative estimate of drug-likeness (QED) is 0.641. The van der Waals surface area contributed by atoms with Gasteiger partial charge in [0.25, 0.3) is 5.91 Å². The first-order valence-electron chi connectivity index (χ1n) is 8.78. The number of nitrogens with zero attached hydrogens (tertiary/aromatic N) is 1. The molecule has 138 valence electrons. The Kier molecular flexibility index (Phi) is 5.98. The molecular weight excluding hydrogens is 358 g/mol. The first kappa shape index (κ1) is 18.8. The van der Waals surface area contributed by atoms with E-state index in [-0.39, 0.29) is 11.0 Å². The van der Waals surface area contributed by atoms with Crippen LogP contribution in [-0.4, -0.2) is 22.6 Å². The lowest BCUT2D eigenvalue weighted by Gasteiger charge is -2.12. The van der Waals surface area contributed by atoms with Crippen LogP contribution in [0.4, 0.5) is 5.69 Å². The highest BCUT2D eigenvalue weighted by Gasteiger charge is 2.11. The van der Waals surface area contributed by atoms with Crippen molar-refractivity contribution in [3.8, 4) is 5.75 Å². The number of nitrogens with one attached hydrogen (secondary N) is 2. The Bertz CT molecular complexity index is 988. The van der Waals surface area contributed by atoms with Crippen LogP contribution in [0.15, 0.2) is 54.6 Å². The molecular formula is C21H21N3O2S. The van der Waals surface area contributed by atoms with E-state index >= 15 is 0 Å². The van der Waals surface area contributed by atoms with E-state index in [1.165, 1.54) is 0 Å². The monoisotopic (exact) mass is 379 g/mol. The maximum atomic E-state index is 12.5. The number of para-hydroxylation sites is 1. The van der Waals surface area contributed by atoms with Crippen molar-refractivity contribution >= 4 is 39.8 Å². The SMILES string of the molecule is CCCOc1cccc(C(=O)NC(=S)Nc2cccc3ccc(C)nc23)c1. The molecule has 6 heteroatoms. The number of aryl methyl sites for hydroxylation is 1. The van der Waals surface area contributed by atoms with Gasteiger partial charge in [-0.15, -0.1) is 0 Å². The summed E-state index contributed by atoms with van der Waals surface area (Å²) in [4.78, 5) is 17.0. The molecule has 5 nitrogen and oxygen atoms in total. The smallest absolute Gasteiger partial charge is 0.257 e. The van der Waals surface area contributed by atoms with E-state index in [1.807, 2.05) is 50.2 Å². The van der Waals surface area contributed by atoms with Crippen LogP contribution < -0.4 is 15.4 Å². The van der Waals surface area contributed by atoms with E-state index < -0.39 is 0 Å². The van der Waals surface area contributed by atoms with Crippen LogP contribution in [0.25, 0.3) is 10.9 Å². The van der Waals surface area contributed by atoms with Gasteiger partial charge in [-0.25, -0.2) is 0 Å². The standard InChI is InChI=1S/C21H21N3O2S/c1-3-12-26-17-8-4-7-16(13-17)20(25)24-21(27)23-18-9-5-6-15-11-10-14(2)22-19(15)18/h4-11,13H,3,12H2,1-2H3,(H2,23,24,25,27). The van der Waals surface area contributed by atoms with Crippen LogP contribution >= 0.6 is 12.2 Å². The maximum absolute atomic E-state index is 12.5. The Labute approximate surface area is 163 Å². The van der Waals surface area contributed by atoms with Crippen molar-refractivity contribution in [3.05, 3.63) is 65.9 Å². The van der Waals surface area contributed by atoms with E-state index in [2.05, 4.69) is 15.6 Å². The molecule has 0 spiro atoms. The summed E-state index contributed by atoms with van der Waals surface area (Å²) in [6.07, 6.45) is 0.906. The molecule has 0 bridgehead atoms. The Morgan fingerprint density at radius 3 is 2.78 bits per heavy atom. The fourth-order valence-corrected chi connectivity index (χ4v) is 2.82. The topological polar surface area (TPSA) is 63.2 Å². The number of benzene rings is 2. The summed E-state index contributed by atoms with van der Waals surface area (Å²) in [5, 5.41) is 6.99. The highest BCUT2D eigenvalue weighted by atomic mass is 32.1. The molecule has 2 aromatic carbocycles. The summed E-state index contributed by atoms with van der Waals surface area (Å²) in [6.45, 7) is 4.58. The molecule has 3 rings (SSSR count). The van der Waals surface area contributed by atoms with Crippen LogP contribution in [-0.2, 0) is 0 Å². The number of fused-ring (bicyclic) bond motifs is 1. The lowest BCUT2D eigenvalue weighted by Crippen LogP contribution is -2.34. The molecule has 2 N–H and O–H groups in total. The third-order valence-corrected chi connectivity index (χ3v) is 4.11. The van der Waals surface area contributed by atoms with Crippen molar-refractivity contribution in [3.63, 3.8) is 0 Å². The molecule has 0 fully saturated rings. The normalized spacial score (nSPS) is 10.4. The van der Waals surface area contributed by atoms with Gasteiger partial charge < -0.3 is 10.1 Å². The predicted octanol–water partition coefficient (Wildman–Crippen LogP) is 4.46. The molecule has 0 unspecified atom stereocenters. The number of ether oxygens (including phenoxy) is 1. The Morgan fingerprint density at radius 1 is 1.15 bits per heavy atom. The molecule has 0 saturated heterocycles. The second kappa shape index (κ2) is 8.60. The number of anilines is 1. The first-order valence-corrected chi connectivity index (χ1v) is 9.19. The maximum Gasteiger partial charge on any atom is 0.257 e. The zero-order chi connectivity index (χ0) is 19.2. The van der Waals surface area contributed by atoms with Crippen LogP contribution in [0.3, 0.4) is 0 Å². The van der Waals surface area contributed by atoms with Gasteiger partial charge in [0.2, 0.25) is 0 Å². The molecule has 1 heterocycles. The van der Waals surface area contributed by atoms with Crippen LogP contribution in [0, 0.1) is 6.92 Å². The molecule has 3 aromatic rings. The van der Waals surface area contributed by atoms with E-state index in [0.29, 0.717) is 17.9 Å². The van der Waals surface area contributed by atoms with Crippen LogP contribution in [0.5, 0.6) is 5.75 Å². The van der Waals surface area contributed by atoms with Crippen molar-refractivity contribution in [1.29, 1.82) is 0 Å². The van der Waals surface area contributed by atoms with Gasteiger partial charge in [0.15, 0.2) is 5.11 Å². The number of aromatic nitrogens is 1. The first-order chi connectivity index (χ1) is 13.1. The fourth-order valence-electron chi connectivity index (χ4n) is 2.62. The molecule has 0 saturated carbocycles. The minimum absolute atomic E-state index is 0.218. The lowest BCUT2D eigenvalue weighted by atomic mass is 10.2. The summed E-state index contributed by atoms with van der Waals surface area (Å²) < 4.78 is 5.57. The van der Waals surface area contributed by atoms with E-state index in [0.717, 1.165) is 28.7 Å². The van der Waals surface area contributed by atoms with Gasteiger partial charge in [-0.05, 0) is 55.9 Å². The number of thiocarbonyl (C=S) groups is 1. The average Bonchev–Trinajstić information content (AvgIpc) is 2.67. The van der Waals surface area contributed by atoms with Gasteiger partial charge in [0.05, 0.1) is 17.8 Å². The minimum atomic E-state index is -0.293. The number of carbonyl (C=O) groups is 1. The number of hydrogen-bond acceptors (Lipinski definition) is 4. The molecule has 0 aliphatic heterocycles. The van der Waals surface area contributed by atoms with Gasteiger partial charge in [0, 0.05) is 16.6 Å². The van der Waals surface area contributed by atoms with Gasteiger partial charge in [-0.2, -0.15) is 0 Å². The number of amides is 1. The van der Waals surface area contributed by atoms with E-state index in [4.69, 9.17) is 17.0 Å². The zero-order valence-electron chi connectivity index (χ0n) is 15.3. The van der Waals surface area contributed by atoms with Crippen LogP contribution in [0.1, 0.15) is 29.4 Å². The lowest BCUT2D eigenvalue weighted by molar-refractivity contribution is 0.0977. The predicted molar refractivity (Wildman–Crippen MR) is 112 cm³/mol. The summed E-state index contributed by atoms with van der Waals surface area (Å²) in [5.41, 5.74) is 2.96. The third kappa shape index (κ3) is 4.80. The van der Waals surface area contributed by atoms with Gasteiger partial charge in [-0.1, -0.05) is 31.2 Å². The summed E-state index contributed by atoms with van der Waals surface area (Å²) in [5.74, 6) is 0.371. The molecule has 0 aliphatic carbocycles. The van der Waals surface area contributed by atoms with E-state index in [9.17, 15) is 4.79 Å². The van der Waals surface area contributed by atoms with Crippen LogP contribution in [0.2, 0.25) is 0 Å². The second-order valence-electron chi connectivity index (χ2n) is 6.11. The summed E-state index contributed by atoms with van der Waals surface area (Å²) in [6, 6.07) is 16.8.